The van der Waals surface area contributed by atoms with Crippen LogP contribution in [0.15, 0.2) is 42.5 Å². The van der Waals surface area contributed by atoms with Crippen LogP contribution in [0.4, 0.5) is 0 Å². The van der Waals surface area contributed by atoms with E-state index in [-0.39, 0.29) is 0 Å². The van der Waals surface area contributed by atoms with Crippen LogP contribution in [0.25, 0.3) is 0 Å². The molecule has 0 aromatic heterocycles. The molecule has 2 rings (SSSR count). The number of ether oxygens (including phenoxy) is 1. The summed E-state index contributed by atoms with van der Waals surface area (Å²) in [7, 11) is 1.56. The fraction of sp³-hybridized carbons (Fsp3) is 0.188. The van der Waals surface area contributed by atoms with Crippen LogP contribution in [0, 0.1) is 0 Å². The lowest BCUT2D eigenvalue weighted by Crippen LogP contribution is -2.15. The highest BCUT2D eigenvalue weighted by Gasteiger charge is 2.24. The van der Waals surface area contributed by atoms with Crippen molar-refractivity contribution in [3.8, 4) is 5.75 Å². The van der Waals surface area contributed by atoms with Gasteiger partial charge < -0.3 is 9.84 Å². The lowest BCUT2D eigenvalue weighted by atomic mass is 9.91. The first kappa shape index (κ1) is 15.7. The second-order valence-corrected chi connectivity index (χ2v) is 5.42. The van der Waals surface area contributed by atoms with E-state index in [1.807, 2.05) is 18.2 Å². The summed E-state index contributed by atoms with van der Waals surface area (Å²) < 4.78 is 5.26. The van der Waals surface area contributed by atoms with E-state index in [2.05, 4.69) is 0 Å². The average molecular weight is 325 g/mol. The Hall–Kier alpha value is -1.71. The molecule has 2 aromatic rings. The highest BCUT2D eigenvalue weighted by molar-refractivity contribution is 6.35. The lowest BCUT2D eigenvalue weighted by molar-refractivity contribution is -0.138. The molecule has 0 saturated carbocycles. The molecule has 2 aromatic carbocycles. The molecule has 110 valence electrons. The normalized spacial score (nSPS) is 12.0. The van der Waals surface area contributed by atoms with Crippen molar-refractivity contribution in [3.63, 3.8) is 0 Å². The predicted molar refractivity (Wildman–Crippen MR) is 83.5 cm³/mol. The van der Waals surface area contributed by atoms with Crippen molar-refractivity contribution in [2.24, 2.45) is 0 Å². The quantitative estimate of drug-likeness (QED) is 0.885. The number of rotatable bonds is 5. The maximum Gasteiger partial charge on any atom is 0.311 e. The minimum absolute atomic E-state index is 0.292. The molecule has 0 bridgehead atoms. The number of aliphatic carboxylic acids is 1. The van der Waals surface area contributed by atoms with Gasteiger partial charge >= 0.3 is 5.97 Å². The number of carboxylic acid groups (broad SMARTS) is 1. The smallest absolute Gasteiger partial charge is 0.311 e. The third-order valence-corrected chi connectivity index (χ3v) is 3.81. The van der Waals surface area contributed by atoms with Crippen molar-refractivity contribution in [2.75, 3.05) is 7.11 Å². The maximum atomic E-state index is 11.6. The van der Waals surface area contributed by atoms with Crippen molar-refractivity contribution >= 4 is 29.2 Å². The van der Waals surface area contributed by atoms with E-state index in [0.717, 1.165) is 5.56 Å². The summed E-state index contributed by atoms with van der Waals surface area (Å²) in [5, 5.41) is 10.3. The number of carboxylic acids is 1. The van der Waals surface area contributed by atoms with Gasteiger partial charge in [-0.15, -0.1) is 0 Å². The van der Waals surface area contributed by atoms with Crippen molar-refractivity contribution < 1.29 is 14.6 Å². The van der Waals surface area contributed by atoms with E-state index in [4.69, 9.17) is 27.9 Å². The van der Waals surface area contributed by atoms with Crippen LogP contribution >= 0.6 is 23.2 Å². The molecule has 21 heavy (non-hydrogen) atoms. The Labute approximate surface area is 133 Å². The molecule has 1 atom stereocenters. The summed E-state index contributed by atoms with van der Waals surface area (Å²) in [4.78, 5) is 11.6. The van der Waals surface area contributed by atoms with Crippen molar-refractivity contribution in [3.05, 3.63) is 63.6 Å². The molecule has 0 radical (unpaired) electrons. The van der Waals surface area contributed by atoms with Crippen LogP contribution in [0.2, 0.25) is 10.0 Å². The second-order valence-electron chi connectivity index (χ2n) is 4.57. The molecule has 0 saturated heterocycles. The van der Waals surface area contributed by atoms with Gasteiger partial charge in [0.1, 0.15) is 5.75 Å². The molecule has 0 aliphatic carbocycles. The highest BCUT2D eigenvalue weighted by Crippen LogP contribution is 2.32. The number of benzene rings is 2. The van der Waals surface area contributed by atoms with Crippen LogP contribution in [0.3, 0.4) is 0 Å². The Balaban J connectivity index is 2.38. The zero-order chi connectivity index (χ0) is 15.4. The summed E-state index contributed by atoms with van der Waals surface area (Å²) in [6, 6.07) is 12.2. The van der Waals surface area contributed by atoms with E-state index in [9.17, 15) is 9.90 Å². The molecule has 0 spiro atoms. The SMILES string of the molecule is COc1ccccc1CC(C(=O)O)c1ccc(Cl)cc1Cl. The molecular formula is C16H14Cl2O3. The number of halogens is 2. The summed E-state index contributed by atoms with van der Waals surface area (Å²) >= 11 is 12.0. The monoisotopic (exact) mass is 324 g/mol. The number of carbonyl (C=O) groups is 1. The highest BCUT2D eigenvalue weighted by atomic mass is 35.5. The molecule has 1 unspecified atom stereocenters. The van der Waals surface area contributed by atoms with Crippen LogP contribution in [0.1, 0.15) is 17.0 Å². The molecule has 5 heteroatoms. The number of hydrogen-bond donors (Lipinski definition) is 1. The lowest BCUT2D eigenvalue weighted by Gasteiger charge is -2.16. The molecule has 0 aliphatic rings. The summed E-state index contributed by atoms with van der Waals surface area (Å²) in [6.07, 6.45) is 0.292. The van der Waals surface area contributed by atoms with Gasteiger partial charge in [0.2, 0.25) is 0 Å². The van der Waals surface area contributed by atoms with Gasteiger partial charge in [-0.25, -0.2) is 0 Å². The Morgan fingerprint density at radius 2 is 1.95 bits per heavy atom. The third kappa shape index (κ3) is 3.69. The van der Waals surface area contributed by atoms with Crippen LogP contribution in [-0.2, 0) is 11.2 Å². The average Bonchev–Trinajstić information content (AvgIpc) is 2.45. The molecule has 0 fully saturated rings. The minimum Gasteiger partial charge on any atom is -0.496 e. The first-order valence-corrected chi connectivity index (χ1v) is 7.08. The number of hydrogen-bond acceptors (Lipinski definition) is 2. The molecular weight excluding hydrogens is 311 g/mol. The van der Waals surface area contributed by atoms with E-state index < -0.39 is 11.9 Å². The maximum absolute atomic E-state index is 11.6. The standard InChI is InChI=1S/C16H14Cl2O3/c1-21-15-5-3-2-4-10(15)8-13(16(19)20)12-7-6-11(17)9-14(12)18/h2-7,9,13H,8H2,1H3,(H,19,20). The van der Waals surface area contributed by atoms with Gasteiger partial charge in [0.15, 0.2) is 0 Å². The first-order valence-electron chi connectivity index (χ1n) is 6.32. The van der Waals surface area contributed by atoms with Gasteiger partial charge in [0.05, 0.1) is 13.0 Å². The van der Waals surface area contributed by atoms with E-state index in [1.54, 1.807) is 31.4 Å². The fourth-order valence-corrected chi connectivity index (χ4v) is 2.75. The van der Waals surface area contributed by atoms with Gasteiger partial charge in [-0.1, -0.05) is 47.5 Å². The number of para-hydroxylation sites is 1. The van der Waals surface area contributed by atoms with Gasteiger partial charge in [0.25, 0.3) is 0 Å². The number of methoxy groups -OCH3 is 1. The van der Waals surface area contributed by atoms with Gasteiger partial charge in [0, 0.05) is 10.0 Å². The summed E-state index contributed by atoms with van der Waals surface area (Å²) in [5.41, 5.74) is 1.36. The zero-order valence-electron chi connectivity index (χ0n) is 11.3. The van der Waals surface area contributed by atoms with Gasteiger partial charge in [-0.3, -0.25) is 4.79 Å². The molecule has 0 amide bonds. The Morgan fingerprint density at radius 1 is 1.24 bits per heavy atom. The first-order chi connectivity index (χ1) is 10.0. The minimum atomic E-state index is -0.940. The zero-order valence-corrected chi connectivity index (χ0v) is 12.9. The van der Waals surface area contributed by atoms with Crippen molar-refractivity contribution in [2.45, 2.75) is 12.3 Å². The second kappa shape index (κ2) is 6.83. The largest absolute Gasteiger partial charge is 0.496 e. The Kier molecular flexibility index (Phi) is 5.10. The Morgan fingerprint density at radius 3 is 2.57 bits per heavy atom. The van der Waals surface area contributed by atoms with E-state index in [0.29, 0.717) is 27.8 Å². The fourth-order valence-electron chi connectivity index (χ4n) is 2.21. The van der Waals surface area contributed by atoms with Crippen LogP contribution < -0.4 is 4.74 Å². The van der Waals surface area contributed by atoms with Crippen LogP contribution in [0.5, 0.6) is 5.75 Å². The van der Waals surface area contributed by atoms with Crippen LogP contribution in [-0.4, -0.2) is 18.2 Å². The molecule has 3 nitrogen and oxygen atoms in total. The predicted octanol–water partition coefficient (Wildman–Crippen LogP) is 4.41. The summed E-state index contributed by atoms with van der Waals surface area (Å²) in [5.74, 6) is -1.04. The topological polar surface area (TPSA) is 46.5 Å². The van der Waals surface area contributed by atoms with E-state index >= 15 is 0 Å². The van der Waals surface area contributed by atoms with Gasteiger partial charge in [-0.05, 0) is 35.7 Å². The Bertz CT molecular complexity index is 656. The molecule has 1 N–H and O–H groups in total. The molecule has 0 aliphatic heterocycles. The molecule has 0 heterocycles. The van der Waals surface area contributed by atoms with Gasteiger partial charge in [-0.2, -0.15) is 0 Å². The van der Waals surface area contributed by atoms with E-state index in [1.165, 1.54) is 0 Å². The van der Waals surface area contributed by atoms with Crippen molar-refractivity contribution in [1.82, 2.24) is 0 Å². The summed E-state index contributed by atoms with van der Waals surface area (Å²) in [6.45, 7) is 0. The van der Waals surface area contributed by atoms with Crippen molar-refractivity contribution in [1.29, 1.82) is 0 Å². The third-order valence-electron chi connectivity index (χ3n) is 3.25.